The van der Waals surface area contributed by atoms with Gasteiger partial charge in [0, 0.05) is 11.3 Å². The molecule has 0 fully saturated rings. The number of anilines is 1. The van der Waals surface area contributed by atoms with Crippen molar-refractivity contribution in [2.75, 3.05) is 18.2 Å². The maximum atomic E-state index is 12.4. The molecule has 3 rings (SSSR count). The van der Waals surface area contributed by atoms with Gasteiger partial charge in [-0.1, -0.05) is 29.5 Å². The van der Waals surface area contributed by atoms with E-state index in [0.717, 1.165) is 38.8 Å². The first-order valence-corrected chi connectivity index (χ1v) is 9.92. The van der Waals surface area contributed by atoms with Gasteiger partial charge < -0.3 is 10.1 Å². The van der Waals surface area contributed by atoms with Gasteiger partial charge in [0.15, 0.2) is 0 Å². The molecule has 144 valence electrons. The number of rotatable bonds is 6. The average molecular weight is 394 g/mol. The lowest BCUT2D eigenvalue weighted by Gasteiger charge is -2.12. The fourth-order valence-corrected chi connectivity index (χ4v) is 3.70. The Morgan fingerprint density at radius 3 is 2.36 bits per heavy atom. The number of thioether (sulfide) groups is 1. The average Bonchev–Trinajstić information content (AvgIpc) is 2.69. The molecule has 0 radical (unpaired) electrons. The van der Waals surface area contributed by atoms with Gasteiger partial charge in [0.25, 0.3) is 0 Å². The van der Waals surface area contributed by atoms with Crippen molar-refractivity contribution in [1.82, 2.24) is 9.97 Å². The Hall–Kier alpha value is -2.86. The molecule has 0 bridgehead atoms. The van der Waals surface area contributed by atoms with E-state index in [0.29, 0.717) is 0 Å². The van der Waals surface area contributed by atoms with Gasteiger partial charge in [0.05, 0.1) is 18.6 Å². The summed E-state index contributed by atoms with van der Waals surface area (Å²) in [5, 5.41) is 3.78. The minimum absolute atomic E-state index is 0.0512. The van der Waals surface area contributed by atoms with Crippen LogP contribution in [0, 0.1) is 20.8 Å². The first-order valence-electron chi connectivity index (χ1n) is 8.93. The fraction of sp³-hybridized carbons (Fsp3) is 0.227. The Labute approximate surface area is 169 Å². The molecule has 0 aliphatic rings. The molecule has 28 heavy (non-hydrogen) atoms. The van der Waals surface area contributed by atoms with Gasteiger partial charge in [0.1, 0.15) is 17.1 Å². The van der Waals surface area contributed by atoms with Crippen LogP contribution in [-0.2, 0) is 4.79 Å². The molecule has 0 unspecified atom stereocenters. The molecule has 0 aliphatic heterocycles. The van der Waals surface area contributed by atoms with Gasteiger partial charge in [0.2, 0.25) is 5.91 Å². The molecule has 1 amide bonds. The maximum Gasteiger partial charge on any atom is 0.234 e. The highest BCUT2D eigenvalue weighted by Gasteiger charge is 2.10. The fourth-order valence-electron chi connectivity index (χ4n) is 3.03. The number of ether oxygens (including phenoxy) is 1. The molecule has 3 aromatic rings. The SMILES string of the molecule is COc1ccc(-c2cc(SCC(=O)Nc3c(C)cc(C)cc3C)ncn2)cc1. The van der Waals surface area contributed by atoms with Gasteiger partial charge in [-0.3, -0.25) is 4.79 Å². The van der Waals surface area contributed by atoms with E-state index in [1.165, 1.54) is 23.7 Å². The van der Waals surface area contributed by atoms with Crippen LogP contribution in [0.5, 0.6) is 5.75 Å². The normalized spacial score (nSPS) is 10.6. The number of aryl methyl sites for hydroxylation is 3. The standard InChI is InChI=1S/C22H23N3O2S/c1-14-9-15(2)22(16(3)10-14)25-20(26)12-28-21-11-19(23-13-24-21)17-5-7-18(27-4)8-6-17/h5-11,13H,12H2,1-4H3,(H,25,26). The number of hydrogen-bond donors (Lipinski definition) is 1. The Bertz CT molecular complexity index is 964. The van der Waals surface area contributed by atoms with Crippen LogP contribution in [-0.4, -0.2) is 28.7 Å². The van der Waals surface area contributed by atoms with Crippen molar-refractivity contribution in [3.05, 3.63) is 65.5 Å². The third kappa shape index (κ3) is 4.89. The van der Waals surface area contributed by atoms with Crippen LogP contribution in [0.25, 0.3) is 11.3 Å². The lowest BCUT2D eigenvalue weighted by molar-refractivity contribution is -0.113. The van der Waals surface area contributed by atoms with Crippen molar-refractivity contribution < 1.29 is 9.53 Å². The molecule has 1 aromatic heterocycles. The first kappa shape index (κ1) is 19.9. The van der Waals surface area contributed by atoms with Gasteiger partial charge in [-0.15, -0.1) is 0 Å². The van der Waals surface area contributed by atoms with Crippen molar-refractivity contribution in [3.8, 4) is 17.0 Å². The molecule has 1 N–H and O–H groups in total. The van der Waals surface area contributed by atoms with Gasteiger partial charge in [-0.2, -0.15) is 0 Å². The summed E-state index contributed by atoms with van der Waals surface area (Å²) in [6.45, 7) is 6.07. The van der Waals surface area contributed by atoms with E-state index in [9.17, 15) is 4.79 Å². The molecule has 2 aromatic carbocycles. The third-order valence-electron chi connectivity index (χ3n) is 4.32. The second-order valence-electron chi connectivity index (χ2n) is 6.58. The van der Waals surface area contributed by atoms with Crippen LogP contribution in [0.3, 0.4) is 0 Å². The van der Waals surface area contributed by atoms with Crippen molar-refractivity contribution >= 4 is 23.4 Å². The topological polar surface area (TPSA) is 64.1 Å². The smallest absolute Gasteiger partial charge is 0.234 e. The highest BCUT2D eigenvalue weighted by Crippen LogP contribution is 2.25. The van der Waals surface area contributed by atoms with Crippen LogP contribution < -0.4 is 10.1 Å². The number of carbonyl (C=O) groups excluding carboxylic acids is 1. The molecule has 0 saturated carbocycles. The van der Waals surface area contributed by atoms with Gasteiger partial charge >= 0.3 is 0 Å². The molecule has 0 spiro atoms. The van der Waals surface area contributed by atoms with Crippen LogP contribution in [0.1, 0.15) is 16.7 Å². The van der Waals surface area contributed by atoms with Crippen LogP contribution >= 0.6 is 11.8 Å². The zero-order valence-corrected chi connectivity index (χ0v) is 17.3. The van der Waals surface area contributed by atoms with E-state index in [2.05, 4.69) is 34.3 Å². The monoisotopic (exact) mass is 393 g/mol. The summed E-state index contributed by atoms with van der Waals surface area (Å²) >= 11 is 1.39. The van der Waals surface area contributed by atoms with E-state index in [-0.39, 0.29) is 11.7 Å². The predicted octanol–water partition coefficient (Wildman–Crippen LogP) is 4.81. The van der Waals surface area contributed by atoms with Gasteiger partial charge in [-0.05, 0) is 62.2 Å². The molecular formula is C22H23N3O2S. The second kappa shape index (κ2) is 8.89. The lowest BCUT2D eigenvalue weighted by Crippen LogP contribution is -2.16. The summed E-state index contributed by atoms with van der Waals surface area (Å²) in [4.78, 5) is 21.0. The van der Waals surface area contributed by atoms with E-state index in [4.69, 9.17) is 4.74 Å². The molecule has 0 aliphatic carbocycles. The molecule has 1 heterocycles. The van der Waals surface area contributed by atoms with Crippen molar-refractivity contribution in [3.63, 3.8) is 0 Å². The zero-order chi connectivity index (χ0) is 20.1. The second-order valence-corrected chi connectivity index (χ2v) is 7.58. The van der Waals surface area contributed by atoms with E-state index < -0.39 is 0 Å². The summed E-state index contributed by atoms with van der Waals surface area (Å²) in [7, 11) is 1.64. The maximum absolute atomic E-state index is 12.4. The Morgan fingerprint density at radius 2 is 1.71 bits per heavy atom. The number of hydrogen-bond acceptors (Lipinski definition) is 5. The molecule has 0 saturated heterocycles. The van der Waals surface area contributed by atoms with Crippen LogP contribution in [0.4, 0.5) is 5.69 Å². The summed E-state index contributed by atoms with van der Waals surface area (Å²) in [5.74, 6) is 1.03. The largest absolute Gasteiger partial charge is 0.497 e. The minimum Gasteiger partial charge on any atom is -0.497 e. The third-order valence-corrected chi connectivity index (χ3v) is 5.25. The van der Waals surface area contributed by atoms with Gasteiger partial charge in [-0.25, -0.2) is 9.97 Å². The van der Waals surface area contributed by atoms with Crippen molar-refractivity contribution in [1.29, 1.82) is 0 Å². The Balaban J connectivity index is 1.65. The summed E-state index contributed by atoms with van der Waals surface area (Å²) in [5.41, 5.74) is 6.00. The van der Waals surface area contributed by atoms with Crippen molar-refractivity contribution in [2.45, 2.75) is 25.8 Å². The number of benzene rings is 2. The van der Waals surface area contributed by atoms with Crippen LogP contribution in [0.15, 0.2) is 53.8 Å². The number of amides is 1. The summed E-state index contributed by atoms with van der Waals surface area (Å²) < 4.78 is 5.18. The summed E-state index contributed by atoms with van der Waals surface area (Å²) in [6.07, 6.45) is 1.52. The number of nitrogens with one attached hydrogen (secondary N) is 1. The highest BCUT2D eigenvalue weighted by molar-refractivity contribution is 7.99. The first-order chi connectivity index (χ1) is 13.5. The highest BCUT2D eigenvalue weighted by atomic mass is 32.2. The van der Waals surface area contributed by atoms with Crippen LogP contribution in [0.2, 0.25) is 0 Å². The molecule has 6 heteroatoms. The van der Waals surface area contributed by atoms with Crippen molar-refractivity contribution in [2.24, 2.45) is 0 Å². The number of aromatic nitrogens is 2. The minimum atomic E-state index is -0.0512. The van der Waals surface area contributed by atoms with E-state index in [1.54, 1.807) is 7.11 Å². The molecular weight excluding hydrogens is 370 g/mol. The number of nitrogens with zero attached hydrogens (tertiary/aromatic N) is 2. The quantitative estimate of drug-likeness (QED) is 0.481. The molecule has 5 nitrogen and oxygen atoms in total. The predicted molar refractivity (Wildman–Crippen MR) is 114 cm³/mol. The number of methoxy groups -OCH3 is 1. The van der Waals surface area contributed by atoms with E-state index >= 15 is 0 Å². The zero-order valence-electron chi connectivity index (χ0n) is 16.4. The summed E-state index contributed by atoms with van der Waals surface area (Å²) in [6, 6.07) is 13.7. The Kier molecular flexibility index (Phi) is 6.31. The Morgan fingerprint density at radius 1 is 1.04 bits per heavy atom. The number of carbonyl (C=O) groups is 1. The molecule has 0 atom stereocenters. The van der Waals surface area contributed by atoms with E-state index in [1.807, 2.05) is 44.2 Å². The lowest BCUT2D eigenvalue weighted by atomic mass is 10.1.